The van der Waals surface area contributed by atoms with Gasteiger partial charge in [-0.25, -0.2) is 18.1 Å². The van der Waals surface area contributed by atoms with Gasteiger partial charge >= 0.3 is 0 Å². The second-order valence-electron chi connectivity index (χ2n) is 7.97. The zero-order valence-corrected chi connectivity index (χ0v) is 18.8. The summed E-state index contributed by atoms with van der Waals surface area (Å²) in [6.45, 7) is 3.91. The number of aryl methyl sites for hydroxylation is 2. The normalized spacial score (nSPS) is 15.1. The van der Waals surface area contributed by atoms with E-state index in [4.69, 9.17) is 4.74 Å². The maximum atomic E-state index is 12.8. The van der Waals surface area contributed by atoms with Crippen LogP contribution in [0.1, 0.15) is 43.2 Å². The van der Waals surface area contributed by atoms with Gasteiger partial charge in [0.05, 0.1) is 11.9 Å². The van der Waals surface area contributed by atoms with Crippen molar-refractivity contribution in [3.05, 3.63) is 47.8 Å². The van der Waals surface area contributed by atoms with Gasteiger partial charge in [0.2, 0.25) is 11.8 Å². The van der Waals surface area contributed by atoms with Crippen LogP contribution >= 0.6 is 0 Å². The Hall–Kier alpha value is -2.94. The number of ether oxygens (including phenoxy) is 1. The molecule has 0 spiro atoms. The number of hydrogen-bond donors (Lipinski definition) is 1. The molecule has 0 amide bonds. The Labute approximate surface area is 182 Å². The Morgan fingerprint density at radius 1 is 1.10 bits per heavy atom. The van der Waals surface area contributed by atoms with Crippen molar-refractivity contribution < 1.29 is 13.2 Å². The minimum Gasteiger partial charge on any atom is -0.474 e. The van der Waals surface area contributed by atoms with Gasteiger partial charge in [0.1, 0.15) is 11.0 Å². The highest BCUT2D eigenvalue weighted by molar-refractivity contribution is 7.92. The van der Waals surface area contributed by atoms with Crippen LogP contribution in [0.3, 0.4) is 0 Å². The van der Waals surface area contributed by atoms with E-state index < -0.39 is 10.0 Å². The van der Waals surface area contributed by atoms with Gasteiger partial charge in [-0.2, -0.15) is 10.1 Å². The molecule has 0 saturated heterocycles. The summed E-state index contributed by atoms with van der Waals surface area (Å²) in [7, 11) is -2.22. The van der Waals surface area contributed by atoms with E-state index >= 15 is 0 Å². The van der Waals surface area contributed by atoms with E-state index in [2.05, 4.69) is 19.8 Å². The average Bonchev–Trinajstić information content (AvgIpc) is 3.19. The molecule has 1 N–H and O–H groups in total. The van der Waals surface area contributed by atoms with Crippen LogP contribution in [-0.2, 0) is 17.1 Å². The third kappa shape index (κ3) is 4.71. The Morgan fingerprint density at radius 2 is 1.84 bits per heavy atom. The Balaban J connectivity index is 1.76. The number of aromatic nitrogens is 4. The Kier molecular flexibility index (Phi) is 5.95. The fraction of sp³-hybridized carbons (Fsp3) is 0.409. The van der Waals surface area contributed by atoms with Gasteiger partial charge < -0.3 is 4.74 Å². The molecule has 1 aliphatic rings. The van der Waals surface area contributed by atoms with E-state index in [-0.39, 0.29) is 16.9 Å². The predicted molar refractivity (Wildman–Crippen MR) is 118 cm³/mol. The quantitative estimate of drug-likeness (QED) is 0.621. The van der Waals surface area contributed by atoms with Crippen LogP contribution in [0.15, 0.2) is 41.6 Å². The molecule has 0 radical (unpaired) electrons. The third-order valence-corrected chi connectivity index (χ3v) is 6.83. The molecule has 0 atom stereocenters. The molecule has 0 aliphatic heterocycles. The molecule has 1 saturated carbocycles. The number of nitrogens with zero attached hydrogens (tertiary/aromatic N) is 4. The van der Waals surface area contributed by atoms with E-state index in [1.54, 1.807) is 7.05 Å². The summed E-state index contributed by atoms with van der Waals surface area (Å²) in [5.41, 5.74) is 3.40. The molecule has 2 aromatic heterocycles. The lowest BCUT2D eigenvalue weighted by molar-refractivity contribution is 0.147. The SMILES string of the molecule is Cc1ccccc1-c1nc(NS(=O)(=O)c2cnn(C)c2)nc(OC2CCCCC2)c1C. The first-order valence-corrected chi connectivity index (χ1v) is 11.9. The monoisotopic (exact) mass is 441 g/mol. The fourth-order valence-electron chi connectivity index (χ4n) is 3.81. The van der Waals surface area contributed by atoms with Crippen LogP contribution in [0.25, 0.3) is 11.3 Å². The first-order valence-electron chi connectivity index (χ1n) is 10.5. The number of hydrogen-bond acceptors (Lipinski definition) is 6. The van der Waals surface area contributed by atoms with Crippen LogP contribution in [0, 0.1) is 13.8 Å². The van der Waals surface area contributed by atoms with Gasteiger partial charge in [0, 0.05) is 24.4 Å². The van der Waals surface area contributed by atoms with Crippen LogP contribution in [0.4, 0.5) is 5.95 Å². The third-order valence-electron chi connectivity index (χ3n) is 5.55. The molecular formula is C22H27N5O3S. The van der Waals surface area contributed by atoms with Gasteiger partial charge in [0.25, 0.3) is 10.0 Å². The Bertz CT molecular complexity index is 1180. The van der Waals surface area contributed by atoms with Crippen molar-refractivity contribution in [3.63, 3.8) is 0 Å². The highest BCUT2D eigenvalue weighted by atomic mass is 32.2. The molecular weight excluding hydrogens is 414 g/mol. The topological polar surface area (TPSA) is 99.0 Å². The van der Waals surface area contributed by atoms with Gasteiger partial charge in [-0.1, -0.05) is 30.7 Å². The predicted octanol–water partition coefficient (Wildman–Crippen LogP) is 4.01. The molecule has 31 heavy (non-hydrogen) atoms. The van der Waals surface area contributed by atoms with Gasteiger partial charge in [-0.15, -0.1) is 0 Å². The standard InChI is InChI=1S/C22H27N5O3S/c1-15-9-7-8-12-19(15)20-16(2)21(30-17-10-5-4-6-11-17)25-22(24-20)26-31(28,29)18-13-23-27(3)14-18/h7-9,12-14,17H,4-6,10-11H2,1-3H3,(H,24,25,26). The maximum absolute atomic E-state index is 12.8. The first kappa shape index (κ1) is 21.3. The lowest BCUT2D eigenvalue weighted by atomic mass is 9.97. The summed E-state index contributed by atoms with van der Waals surface area (Å²) in [5, 5.41) is 3.94. The molecule has 3 aromatic rings. The molecule has 4 rings (SSSR count). The molecule has 8 nitrogen and oxygen atoms in total. The van der Waals surface area contributed by atoms with Crippen LogP contribution in [0.5, 0.6) is 5.88 Å². The largest absolute Gasteiger partial charge is 0.474 e. The molecule has 1 fully saturated rings. The van der Waals surface area contributed by atoms with E-state index in [0.29, 0.717) is 11.6 Å². The summed E-state index contributed by atoms with van der Waals surface area (Å²) < 4.78 is 35.8. The van der Waals surface area contributed by atoms with E-state index in [9.17, 15) is 8.42 Å². The number of benzene rings is 1. The molecule has 0 unspecified atom stereocenters. The summed E-state index contributed by atoms with van der Waals surface area (Å²) in [5.74, 6) is 0.405. The number of anilines is 1. The lowest BCUT2D eigenvalue weighted by Gasteiger charge is -2.24. The van der Waals surface area contributed by atoms with Crippen LogP contribution in [0.2, 0.25) is 0 Å². The fourth-order valence-corrected chi connectivity index (χ4v) is 4.74. The first-order chi connectivity index (χ1) is 14.8. The summed E-state index contributed by atoms with van der Waals surface area (Å²) in [6, 6.07) is 7.86. The van der Waals surface area contributed by atoms with E-state index in [0.717, 1.165) is 42.4 Å². The highest BCUT2D eigenvalue weighted by Crippen LogP contribution is 2.33. The van der Waals surface area contributed by atoms with Crippen molar-refractivity contribution in [2.75, 3.05) is 4.72 Å². The molecule has 9 heteroatoms. The van der Waals surface area contributed by atoms with E-state index in [1.165, 1.54) is 23.5 Å². The second-order valence-corrected chi connectivity index (χ2v) is 9.66. The minimum atomic E-state index is -3.88. The zero-order chi connectivity index (χ0) is 22.0. The summed E-state index contributed by atoms with van der Waals surface area (Å²) in [4.78, 5) is 9.06. The summed E-state index contributed by atoms with van der Waals surface area (Å²) >= 11 is 0. The number of nitrogens with one attached hydrogen (secondary N) is 1. The zero-order valence-electron chi connectivity index (χ0n) is 18.0. The van der Waals surface area contributed by atoms with Crippen molar-refractivity contribution in [2.45, 2.75) is 57.0 Å². The molecule has 1 aromatic carbocycles. The molecule has 0 bridgehead atoms. The van der Waals surface area contributed by atoms with E-state index in [1.807, 2.05) is 38.1 Å². The van der Waals surface area contributed by atoms with Crippen molar-refractivity contribution >= 4 is 16.0 Å². The molecule has 164 valence electrons. The van der Waals surface area contributed by atoms with Crippen LogP contribution in [-0.4, -0.2) is 34.3 Å². The smallest absolute Gasteiger partial charge is 0.267 e. The average molecular weight is 442 g/mol. The number of rotatable bonds is 6. The van der Waals surface area contributed by atoms with Crippen molar-refractivity contribution in [2.24, 2.45) is 7.05 Å². The number of sulfonamides is 1. The van der Waals surface area contributed by atoms with Gasteiger partial charge in [-0.3, -0.25) is 4.68 Å². The van der Waals surface area contributed by atoms with Gasteiger partial charge in [0.15, 0.2) is 0 Å². The highest BCUT2D eigenvalue weighted by Gasteiger charge is 2.23. The molecule has 2 heterocycles. The van der Waals surface area contributed by atoms with Crippen LogP contribution < -0.4 is 9.46 Å². The minimum absolute atomic E-state index is 0.0153. The second kappa shape index (κ2) is 8.66. The maximum Gasteiger partial charge on any atom is 0.267 e. The lowest BCUT2D eigenvalue weighted by Crippen LogP contribution is -2.22. The Morgan fingerprint density at radius 3 is 2.52 bits per heavy atom. The van der Waals surface area contributed by atoms with Crippen molar-refractivity contribution in [1.82, 2.24) is 19.7 Å². The summed E-state index contributed by atoms with van der Waals surface area (Å²) in [6.07, 6.45) is 8.21. The van der Waals surface area contributed by atoms with Crippen molar-refractivity contribution in [1.29, 1.82) is 0 Å². The van der Waals surface area contributed by atoms with Crippen molar-refractivity contribution in [3.8, 4) is 17.1 Å². The molecule has 1 aliphatic carbocycles. The van der Waals surface area contributed by atoms with Gasteiger partial charge in [-0.05, 0) is 45.1 Å².